The molecular formula is C12H13ClN2O2. The fourth-order valence-corrected chi connectivity index (χ4v) is 1.86. The number of rotatable bonds is 4. The van der Waals surface area contributed by atoms with Crippen LogP contribution in [-0.4, -0.2) is 26.9 Å². The average Bonchev–Trinajstić information content (AvgIpc) is 2.28. The Kier molecular flexibility index (Phi) is 3.41. The molecule has 4 nitrogen and oxygen atoms in total. The van der Waals surface area contributed by atoms with Gasteiger partial charge in [-0.05, 0) is 18.2 Å². The van der Waals surface area contributed by atoms with Crippen molar-refractivity contribution in [3.05, 3.63) is 23.2 Å². The highest BCUT2D eigenvalue weighted by atomic mass is 35.5. The van der Waals surface area contributed by atoms with E-state index in [0.29, 0.717) is 30.5 Å². The average molecular weight is 253 g/mol. The SMILES string of the molecule is COc1ccc(NCC2(C#N)COC2)cc1Cl. The first-order valence-electron chi connectivity index (χ1n) is 5.25. The first-order valence-corrected chi connectivity index (χ1v) is 5.63. The molecule has 0 amide bonds. The maximum absolute atomic E-state index is 9.04. The second-order valence-electron chi connectivity index (χ2n) is 4.09. The fourth-order valence-electron chi connectivity index (χ4n) is 1.60. The minimum absolute atomic E-state index is 0.396. The quantitative estimate of drug-likeness (QED) is 0.893. The van der Waals surface area contributed by atoms with E-state index in [2.05, 4.69) is 11.4 Å². The number of hydrogen-bond acceptors (Lipinski definition) is 4. The number of methoxy groups -OCH3 is 1. The maximum atomic E-state index is 9.04. The molecule has 1 aromatic carbocycles. The molecule has 0 unspecified atom stereocenters. The second kappa shape index (κ2) is 4.82. The molecule has 1 heterocycles. The smallest absolute Gasteiger partial charge is 0.137 e. The number of benzene rings is 1. The van der Waals surface area contributed by atoms with Gasteiger partial charge in [0.05, 0.1) is 31.4 Å². The van der Waals surface area contributed by atoms with Gasteiger partial charge in [0.15, 0.2) is 0 Å². The Hall–Kier alpha value is -1.44. The van der Waals surface area contributed by atoms with E-state index in [0.717, 1.165) is 5.69 Å². The van der Waals surface area contributed by atoms with E-state index in [1.807, 2.05) is 6.07 Å². The summed E-state index contributed by atoms with van der Waals surface area (Å²) in [7, 11) is 1.57. The zero-order valence-electron chi connectivity index (χ0n) is 9.50. The van der Waals surface area contributed by atoms with Crippen LogP contribution in [0.5, 0.6) is 5.75 Å². The van der Waals surface area contributed by atoms with Crippen molar-refractivity contribution in [2.45, 2.75) is 0 Å². The van der Waals surface area contributed by atoms with Crippen LogP contribution in [0.2, 0.25) is 5.02 Å². The van der Waals surface area contributed by atoms with Crippen molar-refractivity contribution in [3.8, 4) is 11.8 Å². The topological polar surface area (TPSA) is 54.3 Å². The summed E-state index contributed by atoms with van der Waals surface area (Å²) in [6, 6.07) is 7.72. The van der Waals surface area contributed by atoms with Crippen LogP contribution < -0.4 is 10.1 Å². The monoisotopic (exact) mass is 252 g/mol. The highest BCUT2D eigenvalue weighted by Gasteiger charge is 2.38. The Morgan fingerprint density at radius 1 is 1.59 bits per heavy atom. The fraction of sp³-hybridized carbons (Fsp3) is 0.417. The third kappa shape index (κ3) is 2.46. The Morgan fingerprint density at radius 3 is 2.82 bits per heavy atom. The molecule has 1 N–H and O–H groups in total. The van der Waals surface area contributed by atoms with Gasteiger partial charge in [0, 0.05) is 12.2 Å². The van der Waals surface area contributed by atoms with E-state index in [-0.39, 0.29) is 0 Å². The normalized spacial score (nSPS) is 16.8. The van der Waals surface area contributed by atoms with Gasteiger partial charge in [-0.1, -0.05) is 11.6 Å². The van der Waals surface area contributed by atoms with Crippen molar-refractivity contribution >= 4 is 17.3 Å². The van der Waals surface area contributed by atoms with E-state index in [1.54, 1.807) is 19.2 Å². The van der Waals surface area contributed by atoms with Gasteiger partial charge >= 0.3 is 0 Å². The Labute approximate surface area is 105 Å². The molecule has 1 aromatic rings. The molecule has 0 bridgehead atoms. The predicted molar refractivity (Wildman–Crippen MR) is 65.4 cm³/mol. The van der Waals surface area contributed by atoms with Crippen molar-refractivity contribution in [2.75, 3.05) is 32.2 Å². The van der Waals surface area contributed by atoms with Gasteiger partial charge in [-0.2, -0.15) is 5.26 Å². The lowest BCUT2D eigenvalue weighted by atomic mass is 9.88. The molecule has 1 fully saturated rings. The number of nitrogens with zero attached hydrogens (tertiary/aromatic N) is 1. The first-order chi connectivity index (χ1) is 8.19. The lowest BCUT2D eigenvalue weighted by Gasteiger charge is -2.35. The Morgan fingerprint density at radius 2 is 2.35 bits per heavy atom. The molecule has 5 heteroatoms. The van der Waals surface area contributed by atoms with Gasteiger partial charge in [-0.3, -0.25) is 0 Å². The lowest BCUT2D eigenvalue weighted by molar-refractivity contribution is -0.0690. The van der Waals surface area contributed by atoms with Crippen molar-refractivity contribution in [3.63, 3.8) is 0 Å². The van der Waals surface area contributed by atoms with Crippen LogP contribution in [0, 0.1) is 16.7 Å². The number of ether oxygens (including phenoxy) is 2. The van der Waals surface area contributed by atoms with E-state index in [1.165, 1.54) is 0 Å². The number of nitrogens with one attached hydrogen (secondary N) is 1. The van der Waals surface area contributed by atoms with Crippen LogP contribution in [0.3, 0.4) is 0 Å². The summed E-state index contributed by atoms with van der Waals surface area (Å²) in [6.45, 7) is 1.53. The number of anilines is 1. The molecule has 0 spiro atoms. The van der Waals surface area contributed by atoms with Crippen molar-refractivity contribution in [1.82, 2.24) is 0 Å². The zero-order valence-corrected chi connectivity index (χ0v) is 10.3. The molecule has 0 atom stereocenters. The third-order valence-corrected chi connectivity index (χ3v) is 3.07. The summed E-state index contributed by atoms with van der Waals surface area (Å²) >= 11 is 6.01. The second-order valence-corrected chi connectivity index (χ2v) is 4.50. The summed E-state index contributed by atoms with van der Waals surface area (Å²) in [4.78, 5) is 0. The number of hydrogen-bond donors (Lipinski definition) is 1. The summed E-state index contributed by atoms with van der Waals surface area (Å²) in [5.74, 6) is 0.638. The van der Waals surface area contributed by atoms with Crippen LogP contribution in [0.4, 0.5) is 5.69 Å². The van der Waals surface area contributed by atoms with Crippen LogP contribution in [-0.2, 0) is 4.74 Å². The summed E-state index contributed by atoms with van der Waals surface area (Å²) in [6.07, 6.45) is 0. The standard InChI is InChI=1S/C12H13ClN2O2/c1-16-11-3-2-9(4-10(11)13)15-6-12(5-14)7-17-8-12/h2-4,15H,6-8H2,1H3. The van der Waals surface area contributed by atoms with Crippen LogP contribution in [0.25, 0.3) is 0 Å². The van der Waals surface area contributed by atoms with Crippen molar-refractivity contribution < 1.29 is 9.47 Å². The molecule has 1 saturated heterocycles. The molecule has 90 valence electrons. The van der Waals surface area contributed by atoms with Crippen molar-refractivity contribution in [1.29, 1.82) is 5.26 Å². The first kappa shape index (κ1) is 12.0. The largest absolute Gasteiger partial charge is 0.495 e. The maximum Gasteiger partial charge on any atom is 0.137 e. The summed E-state index contributed by atoms with van der Waals surface area (Å²) in [5.41, 5.74) is 0.476. The minimum atomic E-state index is -0.396. The van der Waals surface area contributed by atoms with E-state index < -0.39 is 5.41 Å². The summed E-state index contributed by atoms with van der Waals surface area (Å²) < 4.78 is 10.1. The molecule has 0 aromatic heterocycles. The van der Waals surface area contributed by atoms with E-state index >= 15 is 0 Å². The van der Waals surface area contributed by atoms with Gasteiger partial charge in [0.2, 0.25) is 0 Å². The third-order valence-electron chi connectivity index (χ3n) is 2.78. The minimum Gasteiger partial charge on any atom is -0.495 e. The van der Waals surface area contributed by atoms with Crippen LogP contribution >= 0.6 is 11.6 Å². The van der Waals surface area contributed by atoms with Crippen molar-refractivity contribution in [2.24, 2.45) is 5.41 Å². The van der Waals surface area contributed by atoms with Gasteiger partial charge in [0.25, 0.3) is 0 Å². The molecule has 0 saturated carbocycles. The molecule has 1 aliphatic heterocycles. The van der Waals surface area contributed by atoms with Gasteiger partial charge < -0.3 is 14.8 Å². The predicted octanol–water partition coefficient (Wildman–Crippen LogP) is 2.30. The molecular weight excluding hydrogens is 240 g/mol. The Bertz CT molecular complexity index is 452. The van der Waals surface area contributed by atoms with Gasteiger partial charge in [-0.15, -0.1) is 0 Å². The molecule has 0 radical (unpaired) electrons. The number of nitriles is 1. The summed E-state index contributed by atoms with van der Waals surface area (Å²) in [5, 5.41) is 12.8. The highest BCUT2D eigenvalue weighted by Crippen LogP contribution is 2.30. The molecule has 2 rings (SSSR count). The lowest BCUT2D eigenvalue weighted by Crippen LogP contribution is -2.46. The van der Waals surface area contributed by atoms with Gasteiger partial charge in [-0.25, -0.2) is 0 Å². The van der Waals surface area contributed by atoms with Crippen LogP contribution in [0.15, 0.2) is 18.2 Å². The van der Waals surface area contributed by atoms with E-state index in [4.69, 9.17) is 26.3 Å². The highest BCUT2D eigenvalue weighted by molar-refractivity contribution is 6.32. The van der Waals surface area contributed by atoms with Gasteiger partial charge in [0.1, 0.15) is 11.2 Å². The van der Waals surface area contributed by atoms with E-state index in [9.17, 15) is 0 Å². The molecule has 17 heavy (non-hydrogen) atoms. The zero-order chi connectivity index (χ0) is 12.3. The Balaban J connectivity index is 2.00. The molecule has 0 aliphatic carbocycles. The molecule has 1 aliphatic rings. The number of halogens is 1. The van der Waals surface area contributed by atoms with Crippen LogP contribution in [0.1, 0.15) is 0 Å².